The van der Waals surface area contributed by atoms with Gasteiger partial charge in [0.2, 0.25) is 0 Å². The summed E-state index contributed by atoms with van der Waals surface area (Å²) in [7, 11) is 1.19. The van der Waals surface area contributed by atoms with Gasteiger partial charge in [-0.25, -0.2) is 4.57 Å². The van der Waals surface area contributed by atoms with Crippen LogP contribution in [-0.4, -0.2) is 30.3 Å². The molecule has 5 nitrogen and oxygen atoms in total. The number of ether oxygens (including phenoxy) is 1. The Morgan fingerprint density at radius 2 is 1.25 bits per heavy atom. The first-order valence-corrected chi connectivity index (χ1v) is 14.4. The van der Waals surface area contributed by atoms with Crippen molar-refractivity contribution < 1.29 is 23.5 Å². The minimum Gasteiger partial charge on any atom is -0.465 e. The van der Waals surface area contributed by atoms with Crippen molar-refractivity contribution in [2.45, 2.75) is 110 Å². The average molecular weight is 439 g/mol. The number of unbranched alkanes of at least 4 members (excludes halogenated alkanes) is 14. The van der Waals surface area contributed by atoms with Gasteiger partial charge < -0.3 is 14.2 Å². The van der Waals surface area contributed by atoms with Crippen molar-refractivity contribution >= 4 is 24.1 Å². The van der Waals surface area contributed by atoms with Crippen molar-refractivity contribution in [3.63, 3.8) is 0 Å². The lowest BCUT2D eigenvalue weighted by Crippen LogP contribution is -2.07. The zero-order valence-electron chi connectivity index (χ0n) is 18.2. The van der Waals surface area contributed by atoms with Crippen LogP contribution in [0, 0.1) is 0 Å². The van der Waals surface area contributed by atoms with Gasteiger partial charge in [0.25, 0.3) is 0 Å². The molecule has 0 aliphatic rings. The smallest absolute Gasteiger partial charge is 0.386 e. The summed E-state index contributed by atoms with van der Waals surface area (Å²) in [5.74, 6) is 0.0483. The van der Waals surface area contributed by atoms with Crippen LogP contribution in [0.25, 0.3) is 0 Å². The summed E-state index contributed by atoms with van der Waals surface area (Å²) in [6, 6.07) is 0. The molecule has 168 valence electrons. The van der Waals surface area contributed by atoms with Crippen LogP contribution in [0.5, 0.6) is 0 Å². The number of esters is 1. The highest BCUT2D eigenvalue weighted by Crippen LogP contribution is 2.54. The van der Waals surface area contributed by atoms with Gasteiger partial charge in [-0.1, -0.05) is 96.8 Å². The zero-order chi connectivity index (χ0) is 20.9. The molecule has 0 rings (SSSR count). The van der Waals surface area contributed by atoms with E-state index < -0.39 is 6.80 Å². The van der Waals surface area contributed by atoms with E-state index in [-0.39, 0.29) is 18.3 Å². The normalized spacial score (nSPS) is 13.4. The molecule has 0 aliphatic carbocycles. The standard InChI is InChI=1S/C21H43O5PS/c1-3-4-5-6-7-8-9-10-11-12-13-14-15-16-17-18-21(22)26-19-20-28-27(23,24)25-2/h3-20H2,1-2H3,(H,23,24). The van der Waals surface area contributed by atoms with E-state index in [1.54, 1.807) is 0 Å². The first kappa shape index (κ1) is 28.0. The molecule has 0 saturated carbocycles. The lowest BCUT2D eigenvalue weighted by Gasteiger charge is -2.08. The van der Waals surface area contributed by atoms with E-state index in [4.69, 9.17) is 4.74 Å². The van der Waals surface area contributed by atoms with Crippen molar-refractivity contribution in [2.24, 2.45) is 0 Å². The summed E-state index contributed by atoms with van der Waals surface area (Å²) >= 11 is 0.782. The van der Waals surface area contributed by atoms with Gasteiger partial charge in [0.05, 0.1) is 0 Å². The molecule has 0 aromatic heterocycles. The van der Waals surface area contributed by atoms with Gasteiger partial charge in [-0.15, -0.1) is 0 Å². The Bertz CT molecular complexity index is 406. The SMILES string of the molecule is CCCCCCCCCCCCCCCCCC(=O)OCCSP(=O)(O)OC. The van der Waals surface area contributed by atoms with E-state index in [0.29, 0.717) is 6.42 Å². The van der Waals surface area contributed by atoms with Crippen LogP contribution in [0.2, 0.25) is 0 Å². The van der Waals surface area contributed by atoms with Crippen LogP contribution in [0.3, 0.4) is 0 Å². The summed E-state index contributed by atoms with van der Waals surface area (Å²) in [5.41, 5.74) is 0. The molecule has 0 radical (unpaired) electrons. The van der Waals surface area contributed by atoms with Crippen molar-refractivity contribution in [2.75, 3.05) is 19.5 Å². The lowest BCUT2D eigenvalue weighted by molar-refractivity contribution is -0.143. The van der Waals surface area contributed by atoms with Crippen LogP contribution < -0.4 is 0 Å². The molecular weight excluding hydrogens is 395 g/mol. The average Bonchev–Trinajstić information content (AvgIpc) is 2.68. The van der Waals surface area contributed by atoms with Crippen molar-refractivity contribution in [1.29, 1.82) is 0 Å². The van der Waals surface area contributed by atoms with Gasteiger partial charge in [-0.05, 0) is 17.8 Å². The maximum Gasteiger partial charge on any atom is 0.386 e. The number of carbonyl (C=O) groups is 1. The Morgan fingerprint density at radius 1 is 0.821 bits per heavy atom. The fourth-order valence-electron chi connectivity index (χ4n) is 3.07. The summed E-state index contributed by atoms with van der Waals surface area (Å²) < 4.78 is 20.7. The van der Waals surface area contributed by atoms with Crippen LogP contribution in [-0.2, 0) is 18.6 Å². The Morgan fingerprint density at radius 3 is 1.68 bits per heavy atom. The second-order valence-electron chi connectivity index (χ2n) is 7.40. The Hall–Kier alpha value is -0.0300. The molecule has 1 unspecified atom stereocenters. The number of rotatable bonds is 21. The molecule has 0 aromatic rings. The first-order valence-electron chi connectivity index (χ1n) is 11.2. The van der Waals surface area contributed by atoms with Gasteiger partial charge in [0.15, 0.2) is 0 Å². The monoisotopic (exact) mass is 438 g/mol. The Labute approximate surface area is 177 Å². The summed E-state index contributed by atoms with van der Waals surface area (Å²) in [6.07, 6.45) is 20.0. The molecule has 7 heteroatoms. The number of carbonyl (C=O) groups excluding carboxylic acids is 1. The molecular formula is C21H43O5PS. The molecule has 0 aliphatic heterocycles. The van der Waals surface area contributed by atoms with E-state index in [1.165, 1.54) is 90.6 Å². The Kier molecular flexibility index (Phi) is 20.2. The molecule has 0 amide bonds. The molecule has 0 spiro atoms. The van der Waals surface area contributed by atoms with E-state index in [0.717, 1.165) is 24.2 Å². The maximum absolute atomic E-state index is 11.6. The molecule has 0 heterocycles. The fraction of sp³-hybridized carbons (Fsp3) is 0.952. The second-order valence-corrected chi connectivity index (χ2v) is 11.5. The third kappa shape index (κ3) is 20.7. The molecule has 0 bridgehead atoms. The summed E-state index contributed by atoms with van der Waals surface area (Å²) in [6.45, 7) is -1.15. The zero-order valence-corrected chi connectivity index (χ0v) is 19.9. The molecule has 28 heavy (non-hydrogen) atoms. The number of hydrogen-bond donors (Lipinski definition) is 1. The van der Waals surface area contributed by atoms with Gasteiger partial charge in [0, 0.05) is 19.3 Å². The molecule has 0 fully saturated rings. The van der Waals surface area contributed by atoms with Crippen molar-refractivity contribution in [3.8, 4) is 0 Å². The molecule has 1 N–H and O–H groups in total. The highest BCUT2D eigenvalue weighted by molar-refractivity contribution is 8.54. The van der Waals surface area contributed by atoms with Gasteiger partial charge in [-0.2, -0.15) is 0 Å². The highest BCUT2D eigenvalue weighted by Gasteiger charge is 2.17. The summed E-state index contributed by atoms with van der Waals surface area (Å²) in [5, 5.41) is 0. The van der Waals surface area contributed by atoms with E-state index in [2.05, 4.69) is 11.4 Å². The predicted octanol–water partition coefficient (Wildman–Crippen LogP) is 7.27. The van der Waals surface area contributed by atoms with Gasteiger partial charge in [0.1, 0.15) is 6.61 Å². The largest absolute Gasteiger partial charge is 0.465 e. The van der Waals surface area contributed by atoms with E-state index >= 15 is 0 Å². The Balaban J connectivity index is 3.22. The lowest BCUT2D eigenvalue weighted by atomic mass is 10.0. The van der Waals surface area contributed by atoms with Gasteiger partial charge in [-0.3, -0.25) is 4.79 Å². The third-order valence-electron chi connectivity index (χ3n) is 4.82. The van der Waals surface area contributed by atoms with E-state index in [1.807, 2.05) is 0 Å². The maximum atomic E-state index is 11.6. The van der Waals surface area contributed by atoms with E-state index in [9.17, 15) is 14.3 Å². The summed E-state index contributed by atoms with van der Waals surface area (Å²) in [4.78, 5) is 20.8. The topological polar surface area (TPSA) is 72.8 Å². The quantitative estimate of drug-likeness (QED) is 0.115. The highest BCUT2D eigenvalue weighted by atomic mass is 32.7. The minimum atomic E-state index is -3.56. The molecule has 1 atom stereocenters. The van der Waals surface area contributed by atoms with Gasteiger partial charge >= 0.3 is 12.8 Å². The minimum absolute atomic E-state index is 0.149. The van der Waals surface area contributed by atoms with Crippen molar-refractivity contribution in [1.82, 2.24) is 0 Å². The van der Waals surface area contributed by atoms with Crippen LogP contribution in [0.15, 0.2) is 0 Å². The number of hydrogen-bond acceptors (Lipinski definition) is 5. The fourth-order valence-corrected chi connectivity index (χ4v) is 4.80. The predicted molar refractivity (Wildman–Crippen MR) is 120 cm³/mol. The molecule has 0 aromatic carbocycles. The van der Waals surface area contributed by atoms with Crippen molar-refractivity contribution in [3.05, 3.63) is 0 Å². The molecule has 0 saturated heterocycles. The first-order chi connectivity index (χ1) is 13.5. The second kappa shape index (κ2) is 20.3. The van der Waals surface area contributed by atoms with Crippen LogP contribution in [0.4, 0.5) is 0 Å². The third-order valence-corrected chi connectivity index (χ3v) is 7.93. The van der Waals surface area contributed by atoms with Crippen LogP contribution in [0.1, 0.15) is 110 Å². The van der Waals surface area contributed by atoms with Crippen LogP contribution >= 0.6 is 18.2 Å².